The first-order valence-electron chi connectivity index (χ1n) is 3.61. The third kappa shape index (κ3) is 2.52. The summed E-state index contributed by atoms with van der Waals surface area (Å²) in [6, 6.07) is 3.45. The maximum Gasteiger partial charge on any atom is 0.179 e. The van der Waals surface area contributed by atoms with Crippen LogP contribution in [0.5, 0.6) is 0 Å². The van der Waals surface area contributed by atoms with Gasteiger partial charge in [-0.15, -0.1) is 0 Å². The molecule has 0 radical (unpaired) electrons. The van der Waals surface area contributed by atoms with Gasteiger partial charge in [-0.25, -0.2) is 9.98 Å². The minimum atomic E-state index is 0.441. The van der Waals surface area contributed by atoms with Crippen molar-refractivity contribution < 1.29 is 0 Å². The summed E-state index contributed by atoms with van der Waals surface area (Å²) in [6.45, 7) is 3.40. The molecule has 0 spiro atoms. The van der Waals surface area contributed by atoms with E-state index in [1.807, 2.05) is 0 Å². The fraction of sp³-hybridized carbons (Fsp3) is 0.125. The Kier molecular flexibility index (Phi) is 3.40. The topological polar surface area (TPSA) is 49.6 Å². The largest absolute Gasteiger partial charge is 0.311 e. The van der Waals surface area contributed by atoms with Crippen LogP contribution in [0.2, 0.25) is 5.15 Å². The van der Waals surface area contributed by atoms with Gasteiger partial charge in [0.25, 0.3) is 0 Å². The van der Waals surface area contributed by atoms with E-state index in [-0.39, 0.29) is 0 Å². The Labute approximate surface area is 81.4 Å². The minimum absolute atomic E-state index is 0.441. The monoisotopic (exact) mass is 196 g/mol. The number of hydrogen-bond donors (Lipinski definition) is 1. The molecule has 1 aromatic rings. The lowest BCUT2D eigenvalue weighted by atomic mass is 10.3. The number of hydrogen-bond acceptors (Lipinski definition) is 3. The zero-order valence-electron chi connectivity index (χ0n) is 7.16. The number of aliphatic imine (C=N–C) groups is 1. The van der Waals surface area contributed by atoms with Gasteiger partial charge >= 0.3 is 0 Å². The van der Waals surface area contributed by atoms with Crippen molar-refractivity contribution in [1.29, 1.82) is 0 Å². The lowest BCUT2D eigenvalue weighted by Crippen LogP contribution is -2.04. The van der Waals surface area contributed by atoms with Crippen LogP contribution in [0.3, 0.4) is 0 Å². The molecular weight excluding hydrogens is 188 g/mol. The van der Waals surface area contributed by atoms with E-state index >= 15 is 0 Å². The van der Waals surface area contributed by atoms with Crippen molar-refractivity contribution in [2.45, 2.75) is 0 Å². The molecule has 0 aromatic carbocycles. The molecule has 4 nitrogen and oxygen atoms in total. The van der Waals surface area contributed by atoms with Gasteiger partial charge in [0.1, 0.15) is 5.15 Å². The number of aromatic nitrogens is 1. The summed E-state index contributed by atoms with van der Waals surface area (Å²) in [5.74, 6) is 0.492. The second-order valence-corrected chi connectivity index (χ2v) is 2.57. The lowest BCUT2D eigenvalue weighted by molar-refractivity contribution is 0.898. The van der Waals surface area contributed by atoms with Gasteiger partial charge in [0.15, 0.2) is 5.84 Å². The normalized spacial score (nSPS) is 11.1. The van der Waals surface area contributed by atoms with Gasteiger partial charge in [-0.2, -0.15) is 5.10 Å². The number of rotatable bonds is 2. The highest BCUT2D eigenvalue weighted by molar-refractivity contribution is 6.29. The van der Waals surface area contributed by atoms with Gasteiger partial charge in [-0.1, -0.05) is 11.6 Å². The molecule has 0 atom stereocenters. The van der Waals surface area contributed by atoms with Crippen molar-refractivity contribution in [2.75, 3.05) is 7.05 Å². The summed E-state index contributed by atoms with van der Waals surface area (Å²) in [6.07, 6.45) is 1.59. The molecule has 1 N–H and O–H groups in total. The van der Waals surface area contributed by atoms with Crippen LogP contribution in [0.4, 0.5) is 0 Å². The average molecular weight is 197 g/mol. The van der Waals surface area contributed by atoms with Gasteiger partial charge in [0.2, 0.25) is 0 Å². The number of pyridine rings is 1. The van der Waals surface area contributed by atoms with Gasteiger partial charge in [0.05, 0.1) is 0 Å². The number of nitrogens with one attached hydrogen (secondary N) is 1. The van der Waals surface area contributed by atoms with Crippen LogP contribution in [0.25, 0.3) is 0 Å². The molecular formula is C8H9ClN4. The van der Waals surface area contributed by atoms with E-state index in [9.17, 15) is 0 Å². The van der Waals surface area contributed by atoms with E-state index in [0.29, 0.717) is 11.0 Å². The van der Waals surface area contributed by atoms with Gasteiger partial charge in [-0.3, -0.25) is 0 Å². The average Bonchev–Trinajstić information content (AvgIpc) is 2.16. The smallest absolute Gasteiger partial charge is 0.179 e. The van der Waals surface area contributed by atoms with E-state index < -0.39 is 0 Å². The van der Waals surface area contributed by atoms with Crippen LogP contribution in [0, 0.1) is 0 Å². The van der Waals surface area contributed by atoms with E-state index in [1.165, 1.54) is 0 Å². The van der Waals surface area contributed by atoms with Gasteiger partial charge < -0.3 is 5.43 Å². The summed E-state index contributed by atoms with van der Waals surface area (Å²) >= 11 is 5.62. The van der Waals surface area contributed by atoms with Crippen LogP contribution in [0.15, 0.2) is 28.4 Å². The molecule has 0 aliphatic rings. The molecule has 68 valence electrons. The van der Waals surface area contributed by atoms with E-state index in [1.54, 1.807) is 25.4 Å². The predicted octanol–water partition coefficient (Wildman–Crippen LogP) is 1.32. The van der Waals surface area contributed by atoms with Crippen LogP contribution in [-0.4, -0.2) is 24.6 Å². The number of hydrazone groups is 1. The molecule has 0 aliphatic heterocycles. The van der Waals surface area contributed by atoms with Crippen LogP contribution < -0.4 is 5.43 Å². The van der Waals surface area contributed by atoms with Gasteiger partial charge in [0, 0.05) is 18.8 Å². The molecule has 0 bridgehead atoms. The molecule has 1 heterocycles. The zero-order chi connectivity index (χ0) is 9.68. The van der Waals surface area contributed by atoms with E-state index in [0.717, 1.165) is 5.56 Å². The summed E-state index contributed by atoms with van der Waals surface area (Å²) in [5.41, 5.74) is 3.40. The quantitative estimate of drug-likeness (QED) is 0.336. The van der Waals surface area contributed by atoms with E-state index in [2.05, 4.69) is 27.2 Å². The lowest BCUT2D eigenvalue weighted by Gasteiger charge is -1.98. The Morgan fingerprint density at radius 1 is 1.62 bits per heavy atom. The van der Waals surface area contributed by atoms with E-state index in [4.69, 9.17) is 11.6 Å². The fourth-order valence-corrected chi connectivity index (χ4v) is 0.917. The van der Waals surface area contributed by atoms with Crippen molar-refractivity contribution in [3.05, 3.63) is 29.0 Å². The first-order chi connectivity index (χ1) is 6.27. The number of amidine groups is 1. The Morgan fingerprint density at radius 2 is 2.38 bits per heavy atom. The molecule has 13 heavy (non-hydrogen) atoms. The Morgan fingerprint density at radius 3 is 2.85 bits per heavy atom. The molecule has 5 heteroatoms. The summed E-state index contributed by atoms with van der Waals surface area (Å²) in [5, 5.41) is 4.34. The Bertz CT molecular complexity index is 317. The first-order valence-corrected chi connectivity index (χ1v) is 3.99. The third-order valence-electron chi connectivity index (χ3n) is 1.35. The summed E-state index contributed by atoms with van der Waals surface area (Å²) in [4.78, 5) is 7.63. The molecule has 0 unspecified atom stereocenters. The Hall–Kier alpha value is -1.42. The maximum atomic E-state index is 5.62. The molecule has 0 saturated carbocycles. The first kappa shape index (κ1) is 9.67. The van der Waals surface area contributed by atoms with Crippen molar-refractivity contribution in [1.82, 2.24) is 10.4 Å². The SMILES string of the molecule is C=N/C(=N\NC)c1ccc(Cl)nc1. The van der Waals surface area contributed by atoms with Crippen molar-refractivity contribution in [2.24, 2.45) is 10.1 Å². The van der Waals surface area contributed by atoms with Crippen LogP contribution in [0.1, 0.15) is 5.56 Å². The number of nitrogens with zero attached hydrogens (tertiary/aromatic N) is 3. The Balaban J connectivity index is 2.99. The minimum Gasteiger partial charge on any atom is -0.311 e. The highest BCUT2D eigenvalue weighted by atomic mass is 35.5. The van der Waals surface area contributed by atoms with Crippen molar-refractivity contribution in [3.63, 3.8) is 0 Å². The van der Waals surface area contributed by atoms with Gasteiger partial charge in [-0.05, 0) is 18.9 Å². The molecule has 0 fully saturated rings. The maximum absolute atomic E-state index is 5.62. The highest BCUT2D eigenvalue weighted by Crippen LogP contribution is 2.06. The number of halogens is 1. The summed E-state index contributed by atoms with van der Waals surface area (Å²) < 4.78 is 0. The second kappa shape index (κ2) is 4.57. The van der Waals surface area contributed by atoms with Crippen LogP contribution >= 0.6 is 11.6 Å². The fourth-order valence-electron chi connectivity index (χ4n) is 0.805. The zero-order valence-corrected chi connectivity index (χ0v) is 7.91. The molecule has 1 rings (SSSR count). The third-order valence-corrected chi connectivity index (χ3v) is 1.58. The standard InChI is InChI=1S/C8H9ClN4/c1-10-8(13-11-2)6-3-4-7(9)12-5-6/h3-5,11H,1H2,2H3/b13-8-. The van der Waals surface area contributed by atoms with Crippen molar-refractivity contribution in [3.8, 4) is 0 Å². The summed E-state index contributed by atoms with van der Waals surface area (Å²) in [7, 11) is 1.69. The molecule has 0 amide bonds. The van der Waals surface area contributed by atoms with Crippen molar-refractivity contribution >= 4 is 24.2 Å². The second-order valence-electron chi connectivity index (χ2n) is 2.19. The molecule has 1 aromatic heterocycles. The molecule has 0 saturated heterocycles. The predicted molar refractivity (Wildman–Crippen MR) is 54.4 cm³/mol. The van der Waals surface area contributed by atoms with Crippen LogP contribution in [-0.2, 0) is 0 Å². The molecule has 0 aliphatic carbocycles. The highest BCUT2D eigenvalue weighted by Gasteiger charge is 2.00.